The van der Waals surface area contributed by atoms with E-state index in [0.717, 1.165) is 12.1 Å². The molecule has 124 valence electrons. The molecule has 5 heteroatoms. The molecule has 1 aliphatic rings. The maximum Gasteiger partial charge on any atom is 0.317 e. The van der Waals surface area contributed by atoms with Crippen molar-refractivity contribution >= 4 is 17.4 Å². The fraction of sp³-hybridized carbons (Fsp3) is 0.706. The fourth-order valence-corrected chi connectivity index (χ4v) is 3.72. The lowest BCUT2D eigenvalue weighted by Crippen LogP contribution is -2.42. The number of hydrogen-bond acceptors (Lipinski definition) is 3. The third-order valence-corrected chi connectivity index (χ3v) is 5.11. The topological polar surface area (TPSA) is 52.6 Å². The second-order valence-electron chi connectivity index (χ2n) is 6.17. The van der Waals surface area contributed by atoms with E-state index < -0.39 is 0 Å². The van der Waals surface area contributed by atoms with Crippen LogP contribution in [-0.4, -0.2) is 35.7 Å². The monoisotopic (exact) mass is 324 g/mol. The Balaban J connectivity index is 1.79. The van der Waals surface area contributed by atoms with E-state index in [4.69, 9.17) is 0 Å². The number of thiophene rings is 1. The predicted molar refractivity (Wildman–Crippen MR) is 91.0 cm³/mol. The first-order valence-electron chi connectivity index (χ1n) is 8.44. The first-order chi connectivity index (χ1) is 10.8. The second-order valence-corrected chi connectivity index (χ2v) is 6.95. The lowest BCUT2D eigenvalue weighted by atomic mass is 9.91. The number of carbonyl (C=O) groups is 1. The Labute approximate surface area is 137 Å². The zero-order chi connectivity index (χ0) is 15.6. The van der Waals surface area contributed by atoms with E-state index in [-0.39, 0.29) is 12.6 Å². The zero-order valence-corrected chi connectivity index (χ0v) is 14.1. The van der Waals surface area contributed by atoms with Crippen molar-refractivity contribution in [3.63, 3.8) is 0 Å². The molecule has 2 rings (SSSR count). The second kappa shape index (κ2) is 9.85. The Morgan fingerprint density at radius 3 is 2.64 bits per heavy atom. The quantitative estimate of drug-likeness (QED) is 0.840. The van der Waals surface area contributed by atoms with Crippen LogP contribution in [0.3, 0.4) is 0 Å². The van der Waals surface area contributed by atoms with Crippen LogP contribution in [0, 0.1) is 5.92 Å². The molecule has 1 saturated carbocycles. The minimum atomic E-state index is -0.0534. The van der Waals surface area contributed by atoms with Crippen LogP contribution in [-0.2, 0) is 6.54 Å². The highest BCUT2D eigenvalue weighted by Crippen LogP contribution is 2.21. The summed E-state index contributed by atoms with van der Waals surface area (Å²) in [6.45, 7) is 1.72. The highest BCUT2D eigenvalue weighted by molar-refractivity contribution is 7.07. The van der Waals surface area contributed by atoms with Crippen LogP contribution in [0.25, 0.3) is 0 Å². The van der Waals surface area contributed by atoms with Gasteiger partial charge in [-0.1, -0.05) is 32.1 Å². The number of nitrogens with one attached hydrogen (secondary N) is 1. The predicted octanol–water partition coefficient (Wildman–Crippen LogP) is 3.61. The van der Waals surface area contributed by atoms with Gasteiger partial charge in [0.25, 0.3) is 0 Å². The van der Waals surface area contributed by atoms with Gasteiger partial charge in [0.2, 0.25) is 0 Å². The number of urea groups is 1. The summed E-state index contributed by atoms with van der Waals surface area (Å²) in [5.74, 6) is 0.612. The number of carbonyl (C=O) groups excluding carboxylic acids is 1. The molecule has 0 bridgehead atoms. The average Bonchev–Trinajstić information content (AvgIpc) is 2.98. The van der Waals surface area contributed by atoms with Crippen molar-refractivity contribution in [3.05, 3.63) is 22.4 Å². The Kier molecular flexibility index (Phi) is 7.74. The summed E-state index contributed by atoms with van der Waals surface area (Å²) in [4.78, 5) is 14.1. The third-order valence-electron chi connectivity index (χ3n) is 4.38. The molecule has 0 radical (unpaired) electrons. The molecule has 0 aromatic carbocycles. The molecule has 2 N–H and O–H groups in total. The molecule has 1 fully saturated rings. The van der Waals surface area contributed by atoms with Crippen LogP contribution >= 0.6 is 11.3 Å². The summed E-state index contributed by atoms with van der Waals surface area (Å²) in [6, 6.07) is 1.97. The van der Waals surface area contributed by atoms with Crippen molar-refractivity contribution in [2.45, 2.75) is 51.5 Å². The molecule has 1 aromatic rings. The van der Waals surface area contributed by atoms with E-state index in [1.807, 2.05) is 16.8 Å². The molecular formula is C17H28N2O2S. The highest BCUT2D eigenvalue weighted by Gasteiger charge is 2.16. The summed E-state index contributed by atoms with van der Waals surface area (Å²) in [5.41, 5.74) is 1.12. The SMILES string of the molecule is O=C(NCC1CCCCCCC1)N(CCO)Cc1ccsc1. The van der Waals surface area contributed by atoms with Gasteiger partial charge in [0.1, 0.15) is 0 Å². The zero-order valence-electron chi connectivity index (χ0n) is 13.3. The average molecular weight is 324 g/mol. The third kappa shape index (κ3) is 5.97. The van der Waals surface area contributed by atoms with Gasteiger partial charge in [-0.05, 0) is 41.1 Å². The molecule has 1 aromatic heterocycles. The maximum absolute atomic E-state index is 12.4. The molecule has 2 amide bonds. The lowest BCUT2D eigenvalue weighted by Gasteiger charge is -2.25. The Morgan fingerprint density at radius 2 is 2.00 bits per heavy atom. The molecule has 22 heavy (non-hydrogen) atoms. The van der Waals surface area contributed by atoms with Crippen LogP contribution < -0.4 is 5.32 Å². The number of amides is 2. The summed E-state index contributed by atoms with van der Waals surface area (Å²) in [7, 11) is 0. The van der Waals surface area contributed by atoms with E-state index >= 15 is 0 Å². The molecule has 0 saturated heterocycles. The molecule has 0 spiro atoms. The van der Waals surface area contributed by atoms with Gasteiger partial charge in [-0.25, -0.2) is 4.79 Å². The minimum Gasteiger partial charge on any atom is -0.395 e. The fourth-order valence-electron chi connectivity index (χ4n) is 3.06. The van der Waals surface area contributed by atoms with E-state index in [1.165, 1.54) is 44.9 Å². The molecule has 0 unspecified atom stereocenters. The van der Waals surface area contributed by atoms with Gasteiger partial charge >= 0.3 is 6.03 Å². The first kappa shape index (κ1) is 17.3. The van der Waals surface area contributed by atoms with Crippen molar-refractivity contribution in [1.29, 1.82) is 0 Å². The first-order valence-corrected chi connectivity index (χ1v) is 9.38. The van der Waals surface area contributed by atoms with Crippen molar-refractivity contribution in [1.82, 2.24) is 10.2 Å². The van der Waals surface area contributed by atoms with Gasteiger partial charge in [0.15, 0.2) is 0 Å². The molecule has 4 nitrogen and oxygen atoms in total. The standard InChI is InChI=1S/C17H28N2O2S/c20-10-9-19(13-16-8-11-22-14-16)17(21)18-12-15-6-4-2-1-3-5-7-15/h8,11,14-15,20H,1-7,9-10,12-13H2,(H,18,21). The Morgan fingerprint density at radius 1 is 1.27 bits per heavy atom. The van der Waals surface area contributed by atoms with Gasteiger partial charge < -0.3 is 15.3 Å². The normalized spacial score (nSPS) is 16.8. The van der Waals surface area contributed by atoms with Crippen molar-refractivity contribution in [2.75, 3.05) is 19.7 Å². The summed E-state index contributed by atoms with van der Waals surface area (Å²) >= 11 is 1.63. The van der Waals surface area contributed by atoms with E-state index in [0.29, 0.717) is 19.0 Å². The lowest BCUT2D eigenvalue weighted by molar-refractivity contribution is 0.172. The molecule has 1 aliphatic carbocycles. The minimum absolute atomic E-state index is 0.000978. The number of aliphatic hydroxyl groups is 1. The van der Waals surface area contributed by atoms with Gasteiger partial charge in [-0.3, -0.25) is 0 Å². The van der Waals surface area contributed by atoms with Gasteiger partial charge in [-0.15, -0.1) is 0 Å². The van der Waals surface area contributed by atoms with E-state index in [1.54, 1.807) is 16.2 Å². The van der Waals surface area contributed by atoms with Crippen molar-refractivity contribution < 1.29 is 9.90 Å². The van der Waals surface area contributed by atoms with Gasteiger partial charge in [-0.2, -0.15) is 11.3 Å². The van der Waals surface area contributed by atoms with Crippen molar-refractivity contribution in [2.24, 2.45) is 5.92 Å². The molecular weight excluding hydrogens is 296 g/mol. The van der Waals surface area contributed by atoms with E-state index in [9.17, 15) is 9.90 Å². The van der Waals surface area contributed by atoms with Crippen molar-refractivity contribution in [3.8, 4) is 0 Å². The number of aliphatic hydroxyl groups excluding tert-OH is 1. The molecule has 1 heterocycles. The number of rotatable bonds is 6. The van der Waals surface area contributed by atoms with Gasteiger partial charge in [0, 0.05) is 19.6 Å². The number of nitrogens with zero attached hydrogens (tertiary/aromatic N) is 1. The summed E-state index contributed by atoms with van der Waals surface area (Å²) < 4.78 is 0. The molecule has 0 atom stereocenters. The van der Waals surface area contributed by atoms with E-state index in [2.05, 4.69) is 5.32 Å². The van der Waals surface area contributed by atoms with Crippen LogP contribution in [0.15, 0.2) is 16.8 Å². The molecule has 0 aliphatic heterocycles. The summed E-state index contributed by atoms with van der Waals surface area (Å²) in [5, 5.41) is 16.3. The van der Waals surface area contributed by atoms with Crippen LogP contribution in [0.1, 0.15) is 50.5 Å². The van der Waals surface area contributed by atoms with Crippen LogP contribution in [0.5, 0.6) is 0 Å². The Bertz CT molecular complexity index is 414. The maximum atomic E-state index is 12.4. The summed E-state index contributed by atoms with van der Waals surface area (Å²) in [6.07, 6.45) is 9.06. The number of hydrogen-bond donors (Lipinski definition) is 2. The highest BCUT2D eigenvalue weighted by atomic mass is 32.1. The smallest absolute Gasteiger partial charge is 0.317 e. The van der Waals surface area contributed by atoms with Crippen LogP contribution in [0.4, 0.5) is 4.79 Å². The van der Waals surface area contributed by atoms with Crippen LogP contribution in [0.2, 0.25) is 0 Å². The Hall–Kier alpha value is -1.07. The largest absolute Gasteiger partial charge is 0.395 e. The van der Waals surface area contributed by atoms with Gasteiger partial charge in [0.05, 0.1) is 6.61 Å².